The number of hydrogen-bond donors (Lipinski definition) is 0. The topological polar surface area (TPSA) is 51.8 Å². The molecule has 4 nitrogen and oxygen atoms in total. The highest BCUT2D eigenvalue weighted by molar-refractivity contribution is 5.38. The van der Waals surface area contributed by atoms with E-state index in [4.69, 9.17) is 4.42 Å². The quantitative estimate of drug-likeness (QED) is 0.635. The number of oxazole rings is 1. The Morgan fingerprint density at radius 2 is 1.92 bits per heavy atom. The van der Waals surface area contributed by atoms with Crippen LogP contribution in [0.15, 0.2) is 29.1 Å². The van der Waals surface area contributed by atoms with Crippen molar-refractivity contribution in [3.63, 3.8) is 0 Å². The van der Waals surface area contributed by atoms with Gasteiger partial charge in [0, 0.05) is 12.4 Å². The molecule has 60 valence electrons. The van der Waals surface area contributed by atoms with Crippen LogP contribution in [0.4, 0.5) is 0 Å². The fourth-order valence-electron chi connectivity index (χ4n) is 0.868. The zero-order valence-corrected chi connectivity index (χ0v) is 6.56. The lowest BCUT2D eigenvalue weighted by Gasteiger charge is -1.89. The summed E-state index contributed by atoms with van der Waals surface area (Å²) in [7, 11) is 0. The molecule has 0 unspecified atom stereocenters. The summed E-state index contributed by atoms with van der Waals surface area (Å²) in [6.45, 7) is 1.83. The van der Waals surface area contributed by atoms with Gasteiger partial charge in [0.25, 0.3) is 5.89 Å². The van der Waals surface area contributed by atoms with Crippen LogP contribution in [-0.4, -0.2) is 15.0 Å². The minimum Gasteiger partial charge on any atom is -0.439 e. The summed E-state index contributed by atoms with van der Waals surface area (Å²) in [4.78, 5) is 12.0. The van der Waals surface area contributed by atoms with Gasteiger partial charge in [-0.15, -0.1) is 0 Å². The second kappa shape index (κ2) is 2.73. The van der Waals surface area contributed by atoms with Gasteiger partial charge in [-0.05, 0) is 13.0 Å². The Balaban J connectivity index is 2.45. The lowest BCUT2D eigenvalue weighted by Crippen LogP contribution is -1.85. The lowest BCUT2D eigenvalue weighted by atomic mass is 10.5. The molecule has 0 aromatic carbocycles. The summed E-state index contributed by atoms with van der Waals surface area (Å²) in [5.41, 5.74) is 0. The molecule has 0 atom stereocenters. The predicted octanol–water partition coefficient (Wildman–Crippen LogP) is 1.44. The van der Waals surface area contributed by atoms with Crippen molar-refractivity contribution in [2.75, 3.05) is 0 Å². The Morgan fingerprint density at radius 1 is 1.17 bits per heavy atom. The maximum Gasteiger partial charge on any atom is 0.265 e. The molecule has 0 aliphatic heterocycles. The highest BCUT2D eigenvalue weighted by Crippen LogP contribution is 2.12. The Labute approximate surface area is 69.3 Å². The molecule has 4 heteroatoms. The van der Waals surface area contributed by atoms with Gasteiger partial charge >= 0.3 is 0 Å². The van der Waals surface area contributed by atoms with Crippen LogP contribution in [0.25, 0.3) is 11.7 Å². The molecule has 0 N–H and O–H groups in total. The van der Waals surface area contributed by atoms with Crippen LogP contribution in [-0.2, 0) is 0 Å². The molecule has 0 aliphatic carbocycles. The van der Waals surface area contributed by atoms with Crippen LogP contribution in [0.3, 0.4) is 0 Å². The summed E-state index contributed by atoms with van der Waals surface area (Å²) < 4.78 is 5.23. The first-order valence-electron chi connectivity index (χ1n) is 3.56. The van der Waals surface area contributed by atoms with E-state index in [1.54, 1.807) is 24.7 Å². The van der Waals surface area contributed by atoms with Crippen molar-refractivity contribution in [1.82, 2.24) is 15.0 Å². The Kier molecular flexibility index (Phi) is 1.59. The van der Waals surface area contributed by atoms with E-state index in [2.05, 4.69) is 15.0 Å². The molecule has 2 aromatic heterocycles. The van der Waals surface area contributed by atoms with Gasteiger partial charge in [-0.3, -0.25) is 0 Å². The summed E-state index contributed by atoms with van der Waals surface area (Å²) in [6.07, 6.45) is 4.95. The molecule has 0 bridgehead atoms. The maximum absolute atomic E-state index is 5.23. The van der Waals surface area contributed by atoms with Crippen molar-refractivity contribution in [3.8, 4) is 11.7 Å². The summed E-state index contributed by atoms with van der Waals surface area (Å²) in [5.74, 6) is 1.75. The molecule has 0 saturated heterocycles. The maximum atomic E-state index is 5.23. The SMILES string of the molecule is Cc1cnc(-c2ncccn2)o1. The Bertz CT molecular complexity index is 369. The average molecular weight is 161 g/mol. The van der Waals surface area contributed by atoms with Crippen LogP contribution in [0.5, 0.6) is 0 Å². The third-order valence-corrected chi connectivity index (χ3v) is 1.38. The van der Waals surface area contributed by atoms with Gasteiger partial charge in [0.15, 0.2) is 0 Å². The summed E-state index contributed by atoms with van der Waals surface area (Å²) in [6, 6.07) is 1.75. The molecule has 0 aliphatic rings. The molecular weight excluding hydrogens is 154 g/mol. The minimum atomic E-state index is 0.466. The first-order chi connectivity index (χ1) is 5.86. The monoisotopic (exact) mass is 161 g/mol. The van der Waals surface area contributed by atoms with Crippen molar-refractivity contribution < 1.29 is 4.42 Å². The van der Waals surface area contributed by atoms with Crippen LogP contribution in [0.1, 0.15) is 5.76 Å². The van der Waals surface area contributed by atoms with Gasteiger partial charge in [0.2, 0.25) is 5.82 Å². The van der Waals surface area contributed by atoms with Crippen molar-refractivity contribution in [2.45, 2.75) is 6.92 Å². The molecule has 12 heavy (non-hydrogen) atoms. The second-order valence-electron chi connectivity index (χ2n) is 2.35. The highest BCUT2D eigenvalue weighted by atomic mass is 16.4. The summed E-state index contributed by atoms with van der Waals surface area (Å²) in [5, 5.41) is 0. The van der Waals surface area contributed by atoms with Crippen molar-refractivity contribution in [1.29, 1.82) is 0 Å². The minimum absolute atomic E-state index is 0.466. The first kappa shape index (κ1) is 6.97. The van der Waals surface area contributed by atoms with E-state index < -0.39 is 0 Å². The van der Waals surface area contributed by atoms with E-state index in [-0.39, 0.29) is 0 Å². The van der Waals surface area contributed by atoms with Gasteiger partial charge in [0.1, 0.15) is 5.76 Å². The number of rotatable bonds is 1. The first-order valence-corrected chi connectivity index (χ1v) is 3.56. The van der Waals surface area contributed by atoms with Crippen molar-refractivity contribution in [2.24, 2.45) is 0 Å². The van der Waals surface area contributed by atoms with E-state index in [9.17, 15) is 0 Å². The molecule has 2 heterocycles. The molecule has 0 saturated carbocycles. The molecular formula is C8H7N3O. The fourth-order valence-corrected chi connectivity index (χ4v) is 0.868. The lowest BCUT2D eigenvalue weighted by molar-refractivity contribution is 0.538. The van der Waals surface area contributed by atoms with Gasteiger partial charge in [-0.2, -0.15) is 0 Å². The average Bonchev–Trinajstić information content (AvgIpc) is 2.54. The van der Waals surface area contributed by atoms with E-state index in [1.165, 1.54) is 0 Å². The van der Waals surface area contributed by atoms with Gasteiger partial charge < -0.3 is 4.42 Å². The van der Waals surface area contributed by atoms with Crippen LogP contribution < -0.4 is 0 Å². The highest BCUT2D eigenvalue weighted by Gasteiger charge is 2.04. The fraction of sp³-hybridized carbons (Fsp3) is 0.125. The van der Waals surface area contributed by atoms with Gasteiger partial charge in [-0.1, -0.05) is 0 Å². The smallest absolute Gasteiger partial charge is 0.265 e. The summed E-state index contributed by atoms with van der Waals surface area (Å²) >= 11 is 0. The molecule has 2 rings (SSSR count). The zero-order chi connectivity index (χ0) is 8.39. The third-order valence-electron chi connectivity index (χ3n) is 1.38. The van der Waals surface area contributed by atoms with Crippen molar-refractivity contribution in [3.05, 3.63) is 30.4 Å². The van der Waals surface area contributed by atoms with Crippen LogP contribution >= 0.6 is 0 Å². The van der Waals surface area contributed by atoms with Gasteiger partial charge in [-0.25, -0.2) is 15.0 Å². The Morgan fingerprint density at radius 3 is 2.50 bits per heavy atom. The normalized spacial score (nSPS) is 10.1. The predicted molar refractivity (Wildman–Crippen MR) is 42.3 cm³/mol. The van der Waals surface area contributed by atoms with E-state index in [0.717, 1.165) is 5.76 Å². The van der Waals surface area contributed by atoms with E-state index in [1.807, 2.05) is 6.92 Å². The van der Waals surface area contributed by atoms with Crippen LogP contribution in [0, 0.1) is 6.92 Å². The molecule has 2 aromatic rings. The zero-order valence-electron chi connectivity index (χ0n) is 6.56. The molecule has 0 spiro atoms. The largest absolute Gasteiger partial charge is 0.439 e. The number of aromatic nitrogens is 3. The van der Waals surface area contributed by atoms with Gasteiger partial charge in [0.05, 0.1) is 6.20 Å². The second-order valence-corrected chi connectivity index (χ2v) is 2.35. The number of nitrogens with zero attached hydrogens (tertiary/aromatic N) is 3. The molecule has 0 amide bonds. The molecule has 0 radical (unpaired) electrons. The Hall–Kier alpha value is -1.71. The van der Waals surface area contributed by atoms with E-state index in [0.29, 0.717) is 11.7 Å². The number of aryl methyl sites for hydroxylation is 1. The van der Waals surface area contributed by atoms with Crippen LogP contribution in [0.2, 0.25) is 0 Å². The number of hydrogen-bond acceptors (Lipinski definition) is 4. The van der Waals surface area contributed by atoms with E-state index >= 15 is 0 Å². The standard InChI is InChI=1S/C8H7N3O/c1-6-5-11-8(12-6)7-9-3-2-4-10-7/h2-5H,1H3. The third kappa shape index (κ3) is 1.18. The van der Waals surface area contributed by atoms with Crippen molar-refractivity contribution >= 4 is 0 Å². The molecule has 0 fully saturated rings.